The van der Waals surface area contributed by atoms with Gasteiger partial charge in [0.1, 0.15) is 6.29 Å². The molecular weight excluding hydrogens is 104 g/mol. The zero-order valence-electron chi connectivity index (χ0n) is 5.29. The Morgan fingerprint density at radius 3 is 2.25 bits per heavy atom. The predicted octanol–water partition coefficient (Wildman–Crippen LogP) is 0.592. The van der Waals surface area contributed by atoms with Gasteiger partial charge in [-0.15, -0.1) is 0 Å². The van der Waals surface area contributed by atoms with Gasteiger partial charge in [0.2, 0.25) is 0 Å². The highest BCUT2D eigenvalue weighted by Crippen LogP contribution is 2.03. The van der Waals surface area contributed by atoms with Gasteiger partial charge in [0.25, 0.3) is 0 Å². The van der Waals surface area contributed by atoms with Crippen LogP contribution in [0.15, 0.2) is 0 Å². The van der Waals surface area contributed by atoms with E-state index in [0.717, 1.165) is 6.29 Å². The largest absolute Gasteiger partial charge is 0.393 e. The lowest BCUT2D eigenvalue weighted by atomic mass is 10.0. The molecule has 0 radical (unpaired) electrons. The van der Waals surface area contributed by atoms with Gasteiger partial charge in [-0.1, -0.05) is 6.92 Å². The Bertz CT molecular complexity index is 68.9. The Hall–Kier alpha value is -0.370. The highest BCUT2D eigenvalue weighted by molar-refractivity contribution is 5.49. The van der Waals surface area contributed by atoms with E-state index in [1.54, 1.807) is 6.92 Å². The third kappa shape index (κ3) is 2.75. The molecule has 2 atom stereocenters. The molecule has 0 aromatic carbocycles. The van der Waals surface area contributed by atoms with Crippen LogP contribution in [0.4, 0.5) is 0 Å². The minimum Gasteiger partial charge on any atom is -0.393 e. The van der Waals surface area contributed by atoms with Crippen LogP contribution in [0, 0.1) is 5.92 Å². The van der Waals surface area contributed by atoms with Crippen LogP contribution in [0.2, 0.25) is 0 Å². The van der Waals surface area contributed by atoms with Crippen LogP contribution in [0.25, 0.3) is 0 Å². The summed E-state index contributed by atoms with van der Waals surface area (Å²) in [7, 11) is 0. The van der Waals surface area contributed by atoms with Gasteiger partial charge in [0.05, 0.1) is 6.10 Å². The molecule has 0 saturated heterocycles. The van der Waals surface area contributed by atoms with Crippen LogP contribution in [0.1, 0.15) is 20.3 Å². The number of rotatable bonds is 3. The number of aldehydes is 1. The lowest BCUT2D eigenvalue weighted by Gasteiger charge is -2.08. The van der Waals surface area contributed by atoms with Gasteiger partial charge in [-0.25, -0.2) is 0 Å². The standard InChI is InChI=1S/C6H12O2/c1-5(3-4-7)6(2)8/h4-6,8H,3H2,1-2H3. The van der Waals surface area contributed by atoms with Gasteiger partial charge >= 0.3 is 0 Å². The van der Waals surface area contributed by atoms with Crippen molar-refractivity contribution in [3.8, 4) is 0 Å². The smallest absolute Gasteiger partial charge is 0.120 e. The highest BCUT2D eigenvalue weighted by Gasteiger charge is 2.05. The summed E-state index contributed by atoms with van der Waals surface area (Å²) in [5.74, 6) is 0.104. The molecule has 0 saturated carbocycles. The topological polar surface area (TPSA) is 37.3 Å². The van der Waals surface area contributed by atoms with Crippen LogP contribution >= 0.6 is 0 Å². The Balaban J connectivity index is 3.30. The van der Waals surface area contributed by atoms with E-state index in [9.17, 15) is 4.79 Å². The van der Waals surface area contributed by atoms with Crippen LogP contribution in [0.5, 0.6) is 0 Å². The van der Waals surface area contributed by atoms with Crippen LogP contribution in [0.3, 0.4) is 0 Å². The summed E-state index contributed by atoms with van der Waals surface area (Å²) in [6, 6.07) is 0. The van der Waals surface area contributed by atoms with Crippen molar-refractivity contribution >= 4 is 6.29 Å². The molecule has 0 amide bonds. The summed E-state index contributed by atoms with van der Waals surface area (Å²) in [5.41, 5.74) is 0. The van der Waals surface area contributed by atoms with Gasteiger partial charge in [-0.2, -0.15) is 0 Å². The molecule has 0 rings (SSSR count). The number of hydrogen-bond donors (Lipinski definition) is 1. The van der Waals surface area contributed by atoms with E-state index in [4.69, 9.17) is 5.11 Å². The summed E-state index contributed by atoms with van der Waals surface area (Å²) in [6.45, 7) is 3.53. The molecule has 2 heteroatoms. The molecule has 0 spiro atoms. The summed E-state index contributed by atoms with van der Waals surface area (Å²) in [4.78, 5) is 9.81. The number of aliphatic hydroxyl groups excluding tert-OH is 1. The van der Waals surface area contributed by atoms with Crippen molar-refractivity contribution in [3.63, 3.8) is 0 Å². The fourth-order valence-corrected chi connectivity index (χ4v) is 0.349. The minimum absolute atomic E-state index is 0.104. The Kier molecular flexibility index (Phi) is 3.44. The second-order valence-electron chi connectivity index (χ2n) is 2.12. The molecule has 8 heavy (non-hydrogen) atoms. The maximum Gasteiger partial charge on any atom is 0.120 e. The molecule has 0 aliphatic heterocycles. The average Bonchev–Trinajstić information content (AvgIpc) is 1.67. The van der Waals surface area contributed by atoms with Crippen molar-refractivity contribution in [2.45, 2.75) is 26.4 Å². The van der Waals surface area contributed by atoms with Crippen LogP contribution in [-0.2, 0) is 4.79 Å². The van der Waals surface area contributed by atoms with Gasteiger partial charge in [0, 0.05) is 6.42 Å². The number of carbonyl (C=O) groups is 1. The van der Waals surface area contributed by atoms with E-state index in [2.05, 4.69) is 0 Å². The predicted molar refractivity (Wildman–Crippen MR) is 31.5 cm³/mol. The molecule has 0 aromatic heterocycles. The maximum absolute atomic E-state index is 9.81. The molecule has 2 nitrogen and oxygen atoms in total. The molecule has 0 aliphatic carbocycles. The van der Waals surface area contributed by atoms with Gasteiger partial charge in [0.15, 0.2) is 0 Å². The average molecular weight is 116 g/mol. The monoisotopic (exact) mass is 116 g/mol. The minimum atomic E-state index is -0.361. The Morgan fingerprint density at radius 2 is 2.12 bits per heavy atom. The number of hydrogen-bond acceptors (Lipinski definition) is 2. The SMILES string of the molecule is CC(O)C(C)CC=O. The quantitative estimate of drug-likeness (QED) is 0.548. The summed E-state index contributed by atoms with van der Waals surface area (Å²) < 4.78 is 0. The summed E-state index contributed by atoms with van der Waals surface area (Å²) in [6.07, 6.45) is 0.926. The molecule has 1 N–H and O–H groups in total. The number of aliphatic hydroxyl groups is 1. The Morgan fingerprint density at radius 1 is 1.62 bits per heavy atom. The zero-order valence-corrected chi connectivity index (χ0v) is 5.29. The fraction of sp³-hybridized carbons (Fsp3) is 0.833. The fourth-order valence-electron chi connectivity index (χ4n) is 0.349. The van der Waals surface area contributed by atoms with Crippen LogP contribution < -0.4 is 0 Å². The first-order valence-corrected chi connectivity index (χ1v) is 2.80. The first-order chi connectivity index (χ1) is 3.68. The third-order valence-corrected chi connectivity index (χ3v) is 1.29. The molecule has 48 valence electrons. The van der Waals surface area contributed by atoms with Crippen molar-refractivity contribution < 1.29 is 9.90 Å². The lowest BCUT2D eigenvalue weighted by molar-refractivity contribution is -0.109. The summed E-state index contributed by atoms with van der Waals surface area (Å²) in [5, 5.41) is 8.79. The van der Waals surface area contributed by atoms with Crippen molar-refractivity contribution in [1.29, 1.82) is 0 Å². The van der Waals surface area contributed by atoms with Gasteiger partial charge < -0.3 is 9.90 Å². The molecular formula is C6H12O2. The Labute approximate surface area is 49.5 Å². The van der Waals surface area contributed by atoms with E-state index >= 15 is 0 Å². The first kappa shape index (κ1) is 7.63. The molecule has 0 fully saturated rings. The van der Waals surface area contributed by atoms with Crippen molar-refractivity contribution in [1.82, 2.24) is 0 Å². The molecule has 2 unspecified atom stereocenters. The van der Waals surface area contributed by atoms with Crippen molar-refractivity contribution in [2.24, 2.45) is 5.92 Å². The van der Waals surface area contributed by atoms with E-state index in [1.165, 1.54) is 0 Å². The zero-order chi connectivity index (χ0) is 6.57. The van der Waals surface area contributed by atoms with E-state index in [1.807, 2.05) is 6.92 Å². The van der Waals surface area contributed by atoms with Crippen molar-refractivity contribution in [2.75, 3.05) is 0 Å². The molecule has 0 aliphatic rings. The van der Waals surface area contributed by atoms with E-state index in [-0.39, 0.29) is 12.0 Å². The molecule has 0 heterocycles. The van der Waals surface area contributed by atoms with E-state index < -0.39 is 0 Å². The van der Waals surface area contributed by atoms with Gasteiger partial charge in [-0.05, 0) is 12.8 Å². The maximum atomic E-state index is 9.81. The van der Waals surface area contributed by atoms with Gasteiger partial charge in [-0.3, -0.25) is 0 Å². The normalized spacial score (nSPS) is 17.4. The first-order valence-electron chi connectivity index (χ1n) is 2.80. The number of carbonyl (C=O) groups excluding carboxylic acids is 1. The van der Waals surface area contributed by atoms with Crippen molar-refractivity contribution in [3.05, 3.63) is 0 Å². The third-order valence-electron chi connectivity index (χ3n) is 1.29. The second kappa shape index (κ2) is 3.61. The molecule has 0 aromatic rings. The molecule has 0 bridgehead atoms. The summed E-state index contributed by atoms with van der Waals surface area (Å²) >= 11 is 0. The highest BCUT2D eigenvalue weighted by atomic mass is 16.3. The lowest BCUT2D eigenvalue weighted by Crippen LogP contribution is -2.12. The second-order valence-corrected chi connectivity index (χ2v) is 2.12. The van der Waals surface area contributed by atoms with Crippen LogP contribution in [-0.4, -0.2) is 17.5 Å². The van der Waals surface area contributed by atoms with E-state index in [0.29, 0.717) is 6.42 Å².